The van der Waals surface area contributed by atoms with Crippen molar-refractivity contribution in [3.05, 3.63) is 63.5 Å². The number of fused-ring (bicyclic) bond motifs is 1. The number of aromatic nitrogens is 1. The van der Waals surface area contributed by atoms with Gasteiger partial charge in [0.2, 0.25) is 0 Å². The first-order valence-electron chi connectivity index (χ1n) is 11.2. The Morgan fingerprint density at radius 2 is 1.58 bits per heavy atom. The maximum Gasteiger partial charge on any atom is 0.416 e. The summed E-state index contributed by atoms with van der Waals surface area (Å²) in [5.41, 5.74) is -1.18. The van der Waals surface area contributed by atoms with Gasteiger partial charge in [-0.3, -0.25) is 9.88 Å². The number of halogens is 7. The maximum absolute atomic E-state index is 14.6. The van der Waals surface area contributed by atoms with E-state index in [-0.39, 0.29) is 51.1 Å². The van der Waals surface area contributed by atoms with Crippen LogP contribution in [0.5, 0.6) is 11.5 Å². The number of carbonyl (C=O) groups is 1. The van der Waals surface area contributed by atoms with Gasteiger partial charge in [0, 0.05) is 45.7 Å². The van der Waals surface area contributed by atoms with Gasteiger partial charge in [-0.15, -0.1) is 0 Å². The van der Waals surface area contributed by atoms with Crippen LogP contribution in [-0.4, -0.2) is 41.3 Å². The number of ether oxygens (including phenoxy) is 2. The topological polar surface area (TPSA) is 63.7 Å². The van der Waals surface area contributed by atoms with Gasteiger partial charge in [-0.2, -0.15) is 13.2 Å². The van der Waals surface area contributed by atoms with Crippen molar-refractivity contribution >= 4 is 32.9 Å². The van der Waals surface area contributed by atoms with Crippen molar-refractivity contribution in [2.45, 2.75) is 45.6 Å². The Kier molecular flexibility index (Phi) is 8.82. The molecule has 0 aliphatic rings. The summed E-state index contributed by atoms with van der Waals surface area (Å²) in [5.74, 6) is -2.78. The minimum absolute atomic E-state index is 0.114. The summed E-state index contributed by atoms with van der Waals surface area (Å²) < 4.78 is 93.1. The fraction of sp³-hybridized carbons (Fsp3) is 0.360. The van der Waals surface area contributed by atoms with Gasteiger partial charge < -0.3 is 14.8 Å². The average Bonchev–Trinajstić information content (AvgIpc) is 2.78. The lowest BCUT2D eigenvalue weighted by molar-refractivity contribution is -0.149. The molecule has 0 fully saturated rings. The van der Waals surface area contributed by atoms with Gasteiger partial charge >= 0.3 is 12.3 Å². The number of hydrogen-bond acceptors (Lipinski definition) is 5. The van der Waals surface area contributed by atoms with E-state index >= 15 is 0 Å². The van der Waals surface area contributed by atoms with Crippen molar-refractivity contribution in [3.8, 4) is 11.5 Å². The van der Waals surface area contributed by atoms with Crippen molar-refractivity contribution in [1.82, 2.24) is 15.2 Å². The second-order valence-corrected chi connectivity index (χ2v) is 10.2. The third-order valence-corrected chi connectivity index (χ3v) is 5.95. The molecule has 2 aromatic carbocycles. The zero-order chi connectivity index (χ0) is 28.4. The number of nitrogens with zero attached hydrogens (tertiary/aromatic N) is 2. The van der Waals surface area contributed by atoms with Crippen LogP contribution < -0.4 is 14.8 Å². The molecule has 6 nitrogen and oxygen atoms in total. The Hall–Kier alpha value is -3.06. The van der Waals surface area contributed by atoms with E-state index in [0.717, 1.165) is 24.4 Å². The number of amides is 1. The molecule has 1 heterocycles. The molecule has 38 heavy (non-hydrogen) atoms. The van der Waals surface area contributed by atoms with E-state index in [9.17, 15) is 31.1 Å². The van der Waals surface area contributed by atoms with Gasteiger partial charge in [0.1, 0.15) is 18.2 Å². The molecule has 13 heteroatoms. The molecule has 0 atom stereocenters. The standard InChI is InChI=1S/C25H24BrF6N3O3/c1-24(2,3)35(12-25(30,31)32)23(36)38-22-11-34-20-8-21(37-4)19(29)7-14(20)15(22)9-33-10-16-17(27)5-13(26)6-18(16)28/h5-8,11,33H,9-10,12H2,1-4H3. The molecule has 1 N–H and O–H groups in total. The summed E-state index contributed by atoms with van der Waals surface area (Å²) in [6.07, 6.45) is -4.91. The first-order chi connectivity index (χ1) is 17.6. The van der Waals surface area contributed by atoms with Crippen molar-refractivity contribution in [1.29, 1.82) is 0 Å². The van der Waals surface area contributed by atoms with Gasteiger partial charge in [-0.1, -0.05) is 15.9 Å². The molecular formula is C25H24BrF6N3O3. The number of methoxy groups -OCH3 is 1. The number of rotatable bonds is 7. The van der Waals surface area contributed by atoms with E-state index < -0.39 is 41.8 Å². The lowest BCUT2D eigenvalue weighted by Gasteiger charge is -2.35. The minimum Gasteiger partial charge on any atom is -0.494 e. The number of alkyl halides is 3. The normalized spacial score (nSPS) is 12.1. The Morgan fingerprint density at radius 1 is 0.974 bits per heavy atom. The van der Waals surface area contributed by atoms with E-state index in [1.807, 2.05) is 0 Å². The lowest BCUT2D eigenvalue weighted by Crippen LogP contribution is -2.51. The molecule has 206 valence electrons. The van der Waals surface area contributed by atoms with Gasteiger partial charge in [-0.05, 0) is 39.0 Å². The third-order valence-electron chi connectivity index (χ3n) is 5.49. The van der Waals surface area contributed by atoms with Crippen molar-refractivity contribution in [2.24, 2.45) is 0 Å². The Bertz CT molecular complexity index is 1320. The zero-order valence-corrected chi connectivity index (χ0v) is 22.4. The highest BCUT2D eigenvalue weighted by Gasteiger charge is 2.39. The summed E-state index contributed by atoms with van der Waals surface area (Å²) in [5, 5.41) is 2.96. The number of benzene rings is 2. The van der Waals surface area contributed by atoms with Crippen molar-refractivity contribution in [2.75, 3.05) is 13.7 Å². The summed E-state index contributed by atoms with van der Waals surface area (Å²) in [6, 6.07) is 4.52. The highest BCUT2D eigenvalue weighted by atomic mass is 79.9. The molecule has 1 aromatic heterocycles. The maximum atomic E-state index is 14.6. The van der Waals surface area contributed by atoms with E-state index in [1.54, 1.807) is 0 Å². The fourth-order valence-corrected chi connectivity index (χ4v) is 4.02. The summed E-state index contributed by atoms with van der Waals surface area (Å²) in [7, 11) is 1.26. The highest BCUT2D eigenvalue weighted by Crippen LogP contribution is 2.32. The minimum atomic E-state index is -4.70. The number of hydrogen-bond donors (Lipinski definition) is 1. The van der Waals surface area contributed by atoms with Gasteiger partial charge in [-0.25, -0.2) is 18.0 Å². The third kappa shape index (κ3) is 7.07. The van der Waals surface area contributed by atoms with Crippen LogP contribution in [0, 0.1) is 17.5 Å². The molecular weight excluding hydrogens is 584 g/mol. The number of carbonyl (C=O) groups excluding carboxylic acids is 1. The predicted octanol–water partition coefficient (Wildman–Crippen LogP) is 6.87. The van der Waals surface area contributed by atoms with Crippen LogP contribution in [-0.2, 0) is 13.1 Å². The van der Waals surface area contributed by atoms with E-state index in [0.29, 0.717) is 4.90 Å². The van der Waals surface area contributed by atoms with E-state index in [4.69, 9.17) is 9.47 Å². The SMILES string of the molecule is COc1cc2ncc(OC(=O)N(CC(F)(F)F)C(C)(C)C)c(CNCc3c(F)cc(Br)cc3F)c2cc1F. The molecule has 0 bridgehead atoms. The predicted molar refractivity (Wildman–Crippen MR) is 131 cm³/mol. The summed E-state index contributed by atoms with van der Waals surface area (Å²) in [4.78, 5) is 17.5. The molecule has 0 unspecified atom stereocenters. The van der Waals surface area contributed by atoms with Gasteiger partial charge in [0.25, 0.3) is 0 Å². The zero-order valence-electron chi connectivity index (χ0n) is 20.8. The molecule has 0 radical (unpaired) electrons. The molecule has 0 aliphatic heterocycles. The highest BCUT2D eigenvalue weighted by molar-refractivity contribution is 9.10. The summed E-state index contributed by atoms with van der Waals surface area (Å²) in [6.45, 7) is 2.14. The van der Waals surface area contributed by atoms with Crippen LogP contribution in [0.1, 0.15) is 31.9 Å². The van der Waals surface area contributed by atoms with E-state index in [1.165, 1.54) is 33.9 Å². The summed E-state index contributed by atoms with van der Waals surface area (Å²) >= 11 is 3.00. The molecule has 0 saturated heterocycles. The number of pyridine rings is 1. The van der Waals surface area contributed by atoms with E-state index in [2.05, 4.69) is 26.2 Å². The Morgan fingerprint density at radius 3 is 2.13 bits per heavy atom. The first-order valence-corrected chi connectivity index (χ1v) is 12.0. The molecule has 0 saturated carbocycles. The second kappa shape index (κ2) is 11.4. The lowest BCUT2D eigenvalue weighted by atomic mass is 10.1. The molecule has 1 amide bonds. The number of nitrogens with one attached hydrogen (secondary N) is 1. The Labute approximate surface area is 223 Å². The monoisotopic (exact) mass is 607 g/mol. The van der Waals surface area contributed by atoms with Crippen LogP contribution in [0.4, 0.5) is 31.1 Å². The van der Waals surface area contributed by atoms with Crippen molar-refractivity contribution in [3.63, 3.8) is 0 Å². The fourth-order valence-electron chi connectivity index (χ4n) is 3.61. The van der Waals surface area contributed by atoms with Crippen molar-refractivity contribution < 1.29 is 40.6 Å². The Balaban J connectivity index is 2.00. The molecule has 0 aliphatic carbocycles. The van der Waals surface area contributed by atoms with Crippen LogP contribution in [0.15, 0.2) is 34.9 Å². The van der Waals surface area contributed by atoms with Gasteiger partial charge in [0.15, 0.2) is 17.3 Å². The quantitative estimate of drug-likeness (QED) is 0.297. The average molecular weight is 608 g/mol. The van der Waals surface area contributed by atoms with Crippen LogP contribution in [0.2, 0.25) is 0 Å². The van der Waals surface area contributed by atoms with Crippen LogP contribution in [0.25, 0.3) is 10.9 Å². The second-order valence-electron chi connectivity index (χ2n) is 9.30. The molecule has 3 aromatic rings. The molecule has 3 rings (SSSR count). The van der Waals surface area contributed by atoms with Crippen LogP contribution in [0.3, 0.4) is 0 Å². The van der Waals surface area contributed by atoms with Gasteiger partial charge in [0.05, 0.1) is 18.8 Å². The smallest absolute Gasteiger partial charge is 0.416 e. The van der Waals surface area contributed by atoms with Crippen LogP contribution >= 0.6 is 15.9 Å². The molecule has 0 spiro atoms. The first kappa shape index (κ1) is 29.5. The largest absolute Gasteiger partial charge is 0.494 e.